The molecule has 7 nitrogen and oxygen atoms in total. The molecule has 0 aromatic heterocycles. The van der Waals surface area contributed by atoms with Crippen LogP contribution in [0.2, 0.25) is 0 Å². The smallest absolute Gasteiger partial charge is 0.329 e. The molecular formula is C34H33BrN2O5. The van der Waals surface area contributed by atoms with Gasteiger partial charge in [-0.2, -0.15) is 0 Å². The van der Waals surface area contributed by atoms with Gasteiger partial charge in [0, 0.05) is 22.0 Å². The van der Waals surface area contributed by atoms with Crippen molar-refractivity contribution in [3.05, 3.63) is 98.5 Å². The third-order valence-electron chi connectivity index (χ3n) is 9.10. The molecule has 1 heterocycles. The molecule has 216 valence electrons. The van der Waals surface area contributed by atoms with Crippen LogP contribution in [0.5, 0.6) is 0 Å². The molecule has 0 radical (unpaired) electrons. The number of amides is 3. The van der Waals surface area contributed by atoms with Crippen molar-refractivity contribution >= 4 is 45.3 Å². The van der Waals surface area contributed by atoms with Gasteiger partial charge in [-0.3, -0.25) is 19.3 Å². The van der Waals surface area contributed by atoms with E-state index in [-0.39, 0.29) is 36.0 Å². The highest BCUT2D eigenvalue weighted by Gasteiger charge is 2.63. The summed E-state index contributed by atoms with van der Waals surface area (Å²) in [5, 5.41) is 2.80. The molecule has 7 rings (SSSR count). The summed E-state index contributed by atoms with van der Waals surface area (Å²) in [5.41, 5.74) is 6.81. The van der Waals surface area contributed by atoms with Gasteiger partial charge in [0.25, 0.3) is 5.91 Å². The average Bonchev–Trinajstić information content (AvgIpc) is 3.24. The van der Waals surface area contributed by atoms with E-state index in [1.807, 2.05) is 82.3 Å². The molecule has 3 aromatic rings. The molecular weight excluding hydrogens is 596 g/mol. The van der Waals surface area contributed by atoms with Crippen LogP contribution in [0.25, 0.3) is 0 Å². The van der Waals surface area contributed by atoms with Crippen molar-refractivity contribution in [2.75, 3.05) is 11.9 Å². The predicted octanol–water partition coefficient (Wildman–Crippen LogP) is 5.85. The lowest BCUT2D eigenvalue weighted by atomic mass is 9.55. The number of carbonyl (C=O) groups excluding carboxylic acids is 4. The highest BCUT2D eigenvalue weighted by Crippen LogP contribution is 2.61. The second-order valence-corrected chi connectivity index (χ2v) is 12.8. The summed E-state index contributed by atoms with van der Waals surface area (Å²) < 4.78 is 6.41. The fourth-order valence-corrected chi connectivity index (χ4v) is 7.53. The van der Waals surface area contributed by atoms with Crippen LogP contribution in [0.15, 0.2) is 65.1 Å². The Balaban J connectivity index is 1.26. The Labute approximate surface area is 253 Å². The topological polar surface area (TPSA) is 92.8 Å². The SMILES string of the molecule is Cc1c(Br)ccc(NC(=O)COC(=O)[C@@H](CC(C)C)N2C(=O)[C@@H]3C4c5ccccc5C(c5ccccc54)[C@@H]3C2=O)c1C. The molecule has 2 bridgehead atoms. The van der Waals surface area contributed by atoms with Crippen LogP contribution < -0.4 is 5.32 Å². The fraction of sp³-hybridized carbons (Fsp3) is 0.353. The number of likely N-dealkylation sites (tertiary alicyclic amines) is 1. The van der Waals surface area contributed by atoms with E-state index in [2.05, 4.69) is 21.2 Å². The van der Waals surface area contributed by atoms with Crippen molar-refractivity contribution in [1.82, 2.24) is 4.90 Å². The van der Waals surface area contributed by atoms with Crippen molar-refractivity contribution in [1.29, 1.82) is 0 Å². The van der Waals surface area contributed by atoms with Crippen molar-refractivity contribution in [2.24, 2.45) is 17.8 Å². The lowest BCUT2D eigenvalue weighted by Crippen LogP contribution is -2.47. The number of nitrogens with zero attached hydrogens (tertiary/aromatic N) is 1. The molecule has 3 atom stereocenters. The number of anilines is 1. The molecule has 0 spiro atoms. The summed E-state index contributed by atoms with van der Waals surface area (Å²) in [6, 6.07) is 18.6. The maximum absolute atomic E-state index is 14.2. The summed E-state index contributed by atoms with van der Waals surface area (Å²) in [6.07, 6.45) is 0.248. The summed E-state index contributed by atoms with van der Waals surface area (Å²) in [4.78, 5) is 55.8. The highest BCUT2D eigenvalue weighted by molar-refractivity contribution is 9.10. The normalized spacial score (nSPS) is 22.5. The second-order valence-electron chi connectivity index (χ2n) is 12.0. The quantitative estimate of drug-likeness (QED) is 0.262. The van der Waals surface area contributed by atoms with E-state index in [4.69, 9.17) is 4.74 Å². The van der Waals surface area contributed by atoms with Gasteiger partial charge >= 0.3 is 5.97 Å². The zero-order valence-electron chi connectivity index (χ0n) is 24.0. The van der Waals surface area contributed by atoms with E-state index in [1.165, 1.54) is 0 Å². The molecule has 42 heavy (non-hydrogen) atoms. The molecule has 3 aliphatic carbocycles. The second kappa shape index (κ2) is 10.8. The Morgan fingerprint density at radius 3 is 1.81 bits per heavy atom. The Morgan fingerprint density at radius 1 is 0.833 bits per heavy atom. The lowest BCUT2D eigenvalue weighted by Gasteiger charge is -2.45. The minimum atomic E-state index is -1.11. The molecule has 1 aliphatic heterocycles. The van der Waals surface area contributed by atoms with E-state index in [9.17, 15) is 19.2 Å². The maximum atomic E-state index is 14.2. The molecule has 0 unspecified atom stereocenters. The first-order chi connectivity index (χ1) is 20.1. The van der Waals surface area contributed by atoms with Gasteiger partial charge in [-0.05, 0) is 71.7 Å². The minimum Gasteiger partial charge on any atom is -0.454 e. The Kier molecular flexibility index (Phi) is 7.29. The molecule has 3 aromatic carbocycles. The first-order valence-corrected chi connectivity index (χ1v) is 15.2. The number of rotatable bonds is 7. The Hall–Kier alpha value is -3.78. The van der Waals surface area contributed by atoms with Crippen molar-refractivity contribution < 1.29 is 23.9 Å². The molecule has 1 N–H and O–H groups in total. The molecule has 8 heteroatoms. The first-order valence-electron chi connectivity index (χ1n) is 14.4. The van der Waals surface area contributed by atoms with Gasteiger partial charge in [-0.15, -0.1) is 0 Å². The van der Waals surface area contributed by atoms with Crippen LogP contribution in [0.1, 0.15) is 65.5 Å². The Bertz CT molecular complexity index is 1520. The molecule has 4 aliphatic rings. The third-order valence-corrected chi connectivity index (χ3v) is 9.96. The van der Waals surface area contributed by atoms with Crippen LogP contribution >= 0.6 is 15.9 Å². The van der Waals surface area contributed by atoms with Crippen molar-refractivity contribution in [2.45, 2.75) is 52.0 Å². The van der Waals surface area contributed by atoms with Crippen molar-refractivity contribution in [3.8, 4) is 0 Å². The number of imide groups is 1. The maximum Gasteiger partial charge on any atom is 0.329 e. The summed E-state index contributed by atoms with van der Waals surface area (Å²) >= 11 is 3.48. The Morgan fingerprint density at radius 2 is 1.33 bits per heavy atom. The number of halogens is 1. The predicted molar refractivity (Wildman–Crippen MR) is 162 cm³/mol. The summed E-state index contributed by atoms with van der Waals surface area (Å²) in [6.45, 7) is 7.18. The first kappa shape index (κ1) is 28.3. The number of carbonyl (C=O) groups is 4. The van der Waals surface area contributed by atoms with Gasteiger partial charge in [0.05, 0.1) is 11.8 Å². The standard InChI is InChI=1S/C34H33BrN2O5/c1-17(2)15-26(34(41)42-16-27(38)36-25-14-13-24(35)18(3)19(25)4)37-32(39)30-28-20-9-5-6-10-21(20)29(31(30)33(37)40)23-12-8-7-11-22(23)28/h5-14,17,26,28-31H,15-16H2,1-4H3,(H,36,38)/t26-,28?,29?,30-,31+/m1/s1. The van der Waals surface area contributed by atoms with Crippen LogP contribution in [0.4, 0.5) is 5.69 Å². The van der Waals surface area contributed by atoms with Crippen LogP contribution in [0, 0.1) is 31.6 Å². The third kappa shape index (κ3) is 4.47. The molecule has 1 saturated heterocycles. The van der Waals surface area contributed by atoms with E-state index in [1.54, 1.807) is 6.07 Å². The van der Waals surface area contributed by atoms with Gasteiger partial charge in [0.15, 0.2) is 6.61 Å². The number of ether oxygens (including phenoxy) is 1. The summed E-state index contributed by atoms with van der Waals surface area (Å²) in [5.74, 6) is -3.59. The van der Waals surface area contributed by atoms with Crippen LogP contribution in [-0.2, 0) is 23.9 Å². The van der Waals surface area contributed by atoms with Crippen LogP contribution in [0.3, 0.4) is 0 Å². The number of hydrogen-bond acceptors (Lipinski definition) is 5. The molecule has 1 fully saturated rings. The number of benzene rings is 3. The minimum absolute atomic E-state index is 0.000823. The zero-order chi connectivity index (χ0) is 29.9. The largest absolute Gasteiger partial charge is 0.454 e. The van der Waals surface area contributed by atoms with Gasteiger partial charge in [0.2, 0.25) is 11.8 Å². The van der Waals surface area contributed by atoms with E-state index in [0.717, 1.165) is 42.8 Å². The van der Waals surface area contributed by atoms with Gasteiger partial charge in [0.1, 0.15) is 6.04 Å². The van der Waals surface area contributed by atoms with Gasteiger partial charge < -0.3 is 10.1 Å². The average molecular weight is 630 g/mol. The van der Waals surface area contributed by atoms with Crippen LogP contribution in [-0.4, -0.2) is 41.2 Å². The van der Waals surface area contributed by atoms with Gasteiger partial charge in [-0.1, -0.05) is 78.3 Å². The lowest BCUT2D eigenvalue weighted by molar-refractivity contribution is -0.160. The van der Waals surface area contributed by atoms with E-state index >= 15 is 0 Å². The number of esters is 1. The van der Waals surface area contributed by atoms with Gasteiger partial charge in [-0.25, -0.2) is 4.79 Å². The van der Waals surface area contributed by atoms with E-state index < -0.39 is 36.4 Å². The highest BCUT2D eigenvalue weighted by atomic mass is 79.9. The monoisotopic (exact) mass is 628 g/mol. The number of hydrogen-bond donors (Lipinski definition) is 1. The fourth-order valence-electron chi connectivity index (χ4n) is 7.10. The summed E-state index contributed by atoms with van der Waals surface area (Å²) in [7, 11) is 0. The van der Waals surface area contributed by atoms with E-state index in [0.29, 0.717) is 5.69 Å². The molecule has 0 saturated carbocycles. The van der Waals surface area contributed by atoms with Crippen molar-refractivity contribution in [3.63, 3.8) is 0 Å². The molecule has 3 amide bonds. The number of nitrogens with one attached hydrogen (secondary N) is 1. The zero-order valence-corrected chi connectivity index (χ0v) is 25.6.